The summed E-state index contributed by atoms with van der Waals surface area (Å²) in [7, 11) is 5.97. The molecule has 0 radical (unpaired) electrons. The molecule has 9 nitrogen and oxygen atoms in total. The number of unbranched alkanes of at least 4 members (excludes halogenated alkanes) is 45. The molecule has 0 aromatic carbocycles. The first-order chi connectivity index (χ1) is 39.6. The molecule has 0 bridgehead atoms. The highest BCUT2D eigenvalue weighted by Gasteiger charge is 2.25. The van der Waals surface area contributed by atoms with Crippen molar-refractivity contribution in [2.45, 2.75) is 360 Å². The number of carbonyl (C=O) groups is 3. The van der Waals surface area contributed by atoms with Gasteiger partial charge in [0.05, 0.1) is 34.4 Å². The third kappa shape index (κ3) is 64.9. The Morgan fingerprint density at radius 1 is 0.370 bits per heavy atom. The van der Waals surface area contributed by atoms with E-state index < -0.39 is 24.3 Å². The van der Waals surface area contributed by atoms with Gasteiger partial charge in [-0.3, -0.25) is 9.59 Å². The van der Waals surface area contributed by atoms with E-state index in [4.69, 9.17) is 18.9 Å². The van der Waals surface area contributed by atoms with Crippen LogP contribution in [0.5, 0.6) is 0 Å². The minimum atomic E-state index is -1.51. The number of quaternary nitrogens is 1. The van der Waals surface area contributed by atoms with Crippen LogP contribution in [0.1, 0.15) is 348 Å². The molecule has 2 atom stereocenters. The van der Waals surface area contributed by atoms with Gasteiger partial charge in [-0.15, -0.1) is 0 Å². The van der Waals surface area contributed by atoms with Crippen LogP contribution in [0.4, 0.5) is 0 Å². The molecule has 0 heterocycles. The minimum absolute atomic E-state index is 0.184. The Bertz CT molecular complexity index is 1420. The van der Waals surface area contributed by atoms with E-state index in [2.05, 4.69) is 50.3 Å². The molecule has 0 aliphatic rings. The molecule has 0 aromatic heterocycles. The Kier molecular flexibility index (Phi) is 61.6. The Morgan fingerprint density at radius 2 is 0.667 bits per heavy atom. The SMILES string of the molecule is CCCCC/C=C\C/C=C\CCCCCCCC(=O)OC(COC(=O)CCCCCCCCCCCCCCCCCCCCCCCCCCCCCCC/C=C\CCCCCCCCCC)COC(OCC[N+](C)(C)C)C(=O)O. The molecule has 0 aliphatic heterocycles. The monoisotopic (exact) mass is 1140 g/mol. The first-order valence-electron chi connectivity index (χ1n) is 35.2. The molecule has 1 N–H and O–H groups in total. The van der Waals surface area contributed by atoms with Gasteiger partial charge in [0.25, 0.3) is 6.29 Å². The van der Waals surface area contributed by atoms with Gasteiger partial charge in [0, 0.05) is 12.8 Å². The summed E-state index contributed by atoms with van der Waals surface area (Å²) in [6, 6.07) is 0. The number of carboxylic acids is 1. The summed E-state index contributed by atoms with van der Waals surface area (Å²) in [5.41, 5.74) is 0. The van der Waals surface area contributed by atoms with Crippen molar-refractivity contribution in [2.24, 2.45) is 0 Å². The average Bonchev–Trinajstić information content (AvgIpc) is 3.44. The fourth-order valence-corrected chi connectivity index (χ4v) is 10.5. The number of hydrogen-bond donors (Lipinski definition) is 1. The Labute approximate surface area is 502 Å². The molecule has 0 rings (SSSR count). The maximum atomic E-state index is 12.9. The normalized spacial score (nSPS) is 12.9. The zero-order chi connectivity index (χ0) is 59.1. The number of allylic oxidation sites excluding steroid dienone is 6. The lowest BCUT2D eigenvalue weighted by Gasteiger charge is -2.25. The zero-order valence-corrected chi connectivity index (χ0v) is 54.5. The number of rotatable bonds is 66. The number of ether oxygens (including phenoxy) is 4. The summed E-state index contributed by atoms with van der Waals surface area (Å²) in [5, 5.41) is 9.71. The van der Waals surface area contributed by atoms with E-state index in [1.807, 2.05) is 21.1 Å². The standard InChI is InChI=1S/C72H135NO8/c1-6-8-10-12-14-16-18-20-22-23-24-25-26-27-28-29-30-31-32-33-34-35-36-37-38-39-40-41-42-43-44-45-46-47-49-50-52-54-56-58-60-62-69(74)79-66-68(67-80-72(71(76)77)78-65-64-73(3,4)5)81-70(75)63-61-59-57-55-53-51-48-21-19-17-15-13-11-9-7-2/h15,17,21,23-24,48,68,72H,6-14,16,18-20,22,25-47,49-67H2,1-5H3/p+1/b17-15-,24-23-,48-21-. The molecule has 81 heavy (non-hydrogen) atoms. The van der Waals surface area contributed by atoms with Crippen LogP contribution in [0, 0.1) is 0 Å². The second-order valence-electron chi connectivity index (χ2n) is 25.2. The second-order valence-corrected chi connectivity index (χ2v) is 25.2. The summed E-state index contributed by atoms with van der Waals surface area (Å²) in [6.45, 7) is 4.88. The van der Waals surface area contributed by atoms with E-state index in [1.165, 1.54) is 257 Å². The third-order valence-electron chi connectivity index (χ3n) is 15.9. The highest BCUT2D eigenvalue weighted by Crippen LogP contribution is 2.19. The van der Waals surface area contributed by atoms with Crippen LogP contribution >= 0.6 is 0 Å². The van der Waals surface area contributed by atoms with E-state index in [1.54, 1.807) is 0 Å². The Balaban J connectivity index is 3.87. The van der Waals surface area contributed by atoms with Crippen molar-refractivity contribution in [1.82, 2.24) is 0 Å². The first kappa shape index (κ1) is 78.5. The van der Waals surface area contributed by atoms with Crippen molar-refractivity contribution >= 4 is 17.9 Å². The van der Waals surface area contributed by atoms with Gasteiger partial charge >= 0.3 is 17.9 Å². The topological polar surface area (TPSA) is 108 Å². The van der Waals surface area contributed by atoms with Gasteiger partial charge in [-0.2, -0.15) is 0 Å². The number of esters is 2. The predicted molar refractivity (Wildman–Crippen MR) is 346 cm³/mol. The van der Waals surface area contributed by atoms with Crippen molar-refractivity contribution < 1.29 is 42.9 Å². The fraction of sp³-hybridized carbons (Fsp3) is 0.875. The molecule has 0 saturated heterocycles. The molecule has 0 fully saturated rings. The summed E-state index contributed by atoms with van der Waals surface area (Å²) in [6.07, 6.45) is 77.3. The summed E-state index contributed by atoms with van der Waals surface area (Å²) >= 11 is 0. The van der Waals surface area contributed by atoms with Crippen molar-refractivity contribution in [3.05, 3.63) is 36.5 Å². The van der Waals surface area contributed by atoms with Gasteiger partial charge in [0.1, 0.15) is 13.2 Å². The molecule has 0 spiro atoms. The summed E-state index contributed by atoms with van der Waals surface area (Å²) in [4.78, 5) is 37.5. The molecule has 9 heteroatoms. The lowest BCUT2D eigenvalue weighted by atomic mass is 10.0. The molecule has 0 saturated carbocycles. The zero-order valence-electron chi connectivity index (χ0n) is 54.5. The fourth-order valence-electron chi connectivity index (χ4n) is 10.5. The van der Waals surface area contributed by atoms with Crippen LogP contribution in [0.2, 0.25) is 0 Å². The highest BCUT2D eigenvalue weighted by atomic mass is 16.7. The number of likely N-dealkylation sites (N-methyl/N-ethyl adjacent to an activating group) is 1. The third-order valence-corrected chi connectivity index (χ3v) is 15.9. The molecular formula is C72H136NO8+. The number of aliphatic carboxylic acids is 1. The molecular weight excluding hydrogens is 1010 g/mol. The molecule has 0 amide bonds. The van der Waals surface area contributed by atoms with E-state index in [0.717, 1.165) is 57.8 Å². The molecule has 0 aliphatic carbocycles. The Hall–Kier alpha value is -2.49. The number of hydrogen-bond acceptors (Lipinski definition) is 7. The van der Waals surface area contributed by atoms with Crippen LogP contribution in [-0.4, -0.2) is 87.4 Å². The van der Waals surface area contributed by atoms with E-state index in [9.17, 15) is 19.5 Å². The van der Waals surface area contributed by atoms with Crippen molar-refractivity contribution in [1.29, 1.82) is 0 Å². The van der Waals surface area contributed by atoms with Crippen molar-refractivity contribution in [2.75, 3.05) is 47.5 Å². The van der Waals surface area contributed by atoms with Crippen LogP contribution in [-0.2, 0) is 33.3 Å². The largest absolute Gasteiger partial charge is 0.477 e. The van der Waals surface area contributed by atoms with Gasteiger partial charge in [0.15, 0.2) is 6.10 Å². The predicted octanol–water partition coefficient (Wildman–Crippen LogP) is 21.6. The van der Waals surface area contributed by atoms with Crippen molar-refractivity contribution in [3.8, 4) is 0 Å². The lowest BCUT2D eigenvalue weighted by molar-refractivity contribution is -0.870. The summed E-state index contributed by atoms with van der Waals surface area (Å²) in [5.74, 6) is -2.01. The maximum Gasteiger partial charge on any atom is 0.361 e. The second kappa shape index (κ2) is 63.5. The van der Waals surface area contributed by atoms with Crippen LogP contribution in [0.15, 0.2) is 36.5 Å². The summed E-state index contributed by atoms with van der Waals surface area (Å²) < 4.78 is 22.9. The van der Waals surface area contributed by atoms with E-state index >= 15 is 0 Å². The van der Waals surface area contributed by atoms with Crippen LogP contribution in [0.25, 0.3) is 0 Å². The van der Waals surface area contributed by atoms with Gasteiger partial charge in [-0.05, 0) is 70.6 Å². The van der Waals surface area contributed by atoms with E-state index in [-0.39, 0.29) is 32.2 Å². The number of carboxylic acid groups (broad SMARTS) is 1. The molecule has 2 unspecified atom stereocenters. The van der Waals surface area contributed by atoms with Crippen LogP contribution in [0.3, 0.4) is 0 Å². The van der Waals surface area contributed by atoms with E-state index in [0.29, 0.717) is 23.9 Å². The smallest absolute Gasteiger partial charge is 0.361 e. The Morgan fingerprint density at radius 3 is 1.01 bits per heavy atom. The van der Waals surface area contributed by atoms with Crippen molar-refractivity contribution in [3.63, 3.8) is 0 Å². The van der Waals surface area contributed by atoms with Crippen LogP contribution < -0.4 is 0 Å². The van der Waals surface area contributed by atoms with Gasteiger partial charge in [-0.1, -0.05) is 301 Å². The average molecular weight is 1140 g/mol. The van der Waals surface area contributed by atoms with Gasteiger partial charge < -0.3 is 28.5 Å². The quantitative estimate of drug-likeness (QED) is 0.0211. The number of carbonyl (C=O) groups excluding carboxylic acids is 2. The maximum absolute atomic E-state index is 12.9. The molecule has 0 aromatic rings. The van der Waals surface area contributed by atoms with Gasteiger partial charge in [0.2, 0.25) is 0 Å². The van der Waals surface area contributed by atoms with Gasteiger partial charge in [-0.25, -0.2) is 4.79 Å². The minimum Gasteiger partial charge on any atom is -0.477 e. The first-order valence-corrected chi connectivity index (χ1v) is 35.2. The highest BCUT2D eigenvalue weighted by molar-refractivity contribution is 5.71. The number of nitrogens with zero attached hydrogens (tertiary/aromatic N) is 1. The lowest BCUT2D eigenvalue weighted by Crippen LogP contribution is -2.40. The molecule has 476 valence electrons.